The molecule has 0 saturated carbocycles. The zero-order chi connectivity index (χ0) is 20.2. The average Bonchev–Trinajstić information content (AvgIpc) is 3.38. The molecule has 148 valence electrons. The highest BCUT2D eigenvalue weighted by molar-refractivity contribution is 5.99. The van der Waals surface area contributed by atoms with Crippen molar-refractivity contribution < 1.29 is 9.53 Å². The van der Waals surface area contributed by atoms with Crippen LogP contribution in [-0.4, -0.2) is 38.5 Å². The van der Waals surface area contributed by atoms with Crippen LogP contribution in [0.1, 0.15) is 23.0 Å². The van der Waals surface area contributed by atoms with Crippen LogP contribution in [0.4, 0.5) is 0 Å². The minimum atomic E-state index is -0.197. The lowest BCUT2D eigenvalue weighted by atomic mass is 10.1. The molecule has 4 aromatic rings. The molecule has 1 N–H and O–H groups in total. The van der Waals surface area contributed by atoms with E-state index in [0.29, 0.717) is 24.5 Å². The fourth-order valence-corrected chi connectivity index (χ4v) is 3.27. The average molecular weight is 389 g/mol. The summed E-state index contributed by atoms with van der Waals surface area (Å²) in [7, 11) is 1.64. The van der Waals surface area contributed by atoms with Crippen LogP contribution < -0.4 is 10.1 Å². The molecule has 0 aliphatic rings. The van der Waals surface area contributed by atoms with E-state index in [1.54, 1.807) is 13.4 Å². The molecular weight excluding hydrogens is 366 g/mol. The van der Waals surface area contributed by atoms with E-state index in [0.717, 1.165) is 29.1 Å². The molecular formula is C22H23N5O2. The van der Waals surface area contributed by atoms with Crippen molar-refractivity contribution in [3.05, 3.63) is 72.4 Å². The molecule has 0 aliphatic heterocycles. The molecule has 4 rings (SSSR count). The van der Waals surface area contributed by atoms with E-state index < -0.39 is 0 Å². The minimum absolute atomic E-state index is 0.197. The van der Waals surface area contributed by atoms with Crippen molar-refractivity contribution in [2.75, 3.05) is 13.7 Å². The summed E-state index contributed by atoms with van der Waals surface area (Å²) in [5.74, 6) is 1.27. The van der Waals surface area contributed by atoms with Crippen LogP contribution in [0.3, 0.4) is 0 Å². The summed E-state index contributed by atoms with van der Waals surface area (Å²) in [5.41, 5.74) is 3.00. The predicted molar refractivity (Wildman–Crippen MR) is 111 cm³/mol. The van der Waals surface area contributed by atoms with Gasteiger partial charge in [-0.25, -0.2) is 9.97 Å². The van der Waals surface area contributed by atoms with Gasteiger partial charge in [-0.05, 0) is 43.2 Å². The Morgan fingerprint density at radius 3 is 2.90 bits per heavy atom. The summed E-state index contributed by atoms with van der Waals surface area (Å²) in [6, 6.07) is 13.5. The van der Waals surface area contributed by atoms with Crippen LogP contribution in [0.25, 0.3) is 17.0 Å². The van der Waals surface area contributed by atoms with Gasteiger partial charge in [-0.3, -0.25) is 9.20 Å². The van der Waals surface area contributed by atoms with Crippen molar-refractivity contribution in [3.63, 3.8) is 0 Å². The maximum atomic E-state index is 12.8. The van der Waals surface area contributed by atoms with E-state index in [-0.39, 0.29) is 5.91 Å². The number of nitrogens with zero attached hydrogens (tertiary/aromatic N) is 4. The summed E-state index contributed by atoms with van der Waals surface area (Å²) < 4.78 is 9.13. The van der Waals surface area contributed by atoms with Gasteiger partial charge in [-0.2, -0.15) is 0 Å². The van der Waals surface area contributed by atoms with Crippen molar-refractivity contribution in [1.82, 2.24) is 24.3 Å². The number of fused-ring (bicyclic) bond motifs is 1. The first-order chi connectivity index (χ1) is 14.2. The van der Waals surface area contributed by atoms with Crippen LogP contribution in [0.2, 0.25) is 0 Å². The number of rotatable bonds is 7. The Morgan fingerprint density at radius 1 is 1.21 bits per heavy atom. The van der Waals surface area contributed by atoms with Crippen molar-refractivity contribution in [3.8, 4) is 17.3 Å². The van der Waals surface area contributed by atoms with Gasteiger partial charge in [-0.15, -0.1) is 0 Å². The van der Waals surface area contributed by atoms with Gasteiger partial charge in [0.2, 0.25) is 0 Å². The molecule has 7 heteroatoms. The normalized spacial score (nSPS) is 11.0. The molecule has 0 saturated heterocycles. The first kappa shape index (κ1) is 18.7. The number of aromatic nitrogens is 4. The quantitative estimate of drug-likeness (QED) is 0.527. The van der Waals surface area contributed by atoms with Gasteiger partial charge in [0.15, 0.2) is 11.5 Å². The second-order valence-corrected chi connectivity index (χ2v) is 6.69. The highest BCUT2D eigenvalue weighted by Crippen LogP contribution is 2.21. The van der Waals surface area contributed by atoms with E-state index in [9.17, 15) is 4.79 Å². The number of hydrogen-bond donors (Lipinski definition) is 1. The molecule has 7 nitrogen and oxygen atoms in total. The van der Waals surface area contributed by atoms with Crippen LogP contribution in [-0.2, 0) is 13.0 Å². The topological polar surface area (TPSA) is 73.5 Å². The maximum Gasteiger partial charge on any atom is 0.272 e. The Hall–Kier alpha value is -3.61. The molecule has 0 fully saturated rings. The Labute approximate surface area is 169 Å². The number of nitrogens with one attached hydrogen (secondary N) is 1. The third kappa shape index (κ3) is 3.85. The number of carbonyl (C=O) groups excluding carboxylic acids is 1. The van der Waals surface area contributed by atoms with E-state index >= 15 is 0 Å². The Bertz CT molecular complexity index is 1150. The van der Waals surface area contributed by atoms with E-state index in [4.69, 9.17) is 4.74 Å². The van der Waals surface area contributed by atoms with Crippen LogP contribution in [0, 0.1) is 0 Å². The van der Waals surface area contributed by atoms with Crippen molar-refractivity contribution in [2.24, 2.45) is 0 Å². The molecule has 3 aromatic heterocycles. The number of hydrogen-bond acceptors (Lipinski definition) is 4. The second kappa shape index (κ2) is 8.18. The van der Waals surface area contributed by atoms with Gasteiger partial charge in [0.05, 0.1) is 19.0 Å². The first-order valence-corrected chi connectivity index (χ1v) is 9.60. The standard InChI is InChI=1S/C22H23N5O2/c1-3-26-14-18(24-15-26)21-25-20(19-9-4-5-12-27(19)21)22(28)23-11-10-16-7-6-8-17(13-16)29-2/h4-9,12-15H,3,10-11H2,1-2H3,(H,23,28). The predicted octanol–water partition coefficient (Wildman–Crippen LogP) is 3.20. The first-order valence-electron chi connectivity index (χ1n) is 9.60. The Morgan fingerprint density at radius 2 is 2.10 bits per heavy atom. The molecule has 0 radical (unpaired) electrons. The van der Waals surface area contributed by atoms with E-state index in [2.05, 4.69) is 22.2 Å². The zero-order valence-electron chi connectivity index (χ0n) is 16.5. The summed E-state index contributed by atoms with van der Waals surface area (Å²) in [5, 5.41) is 2.98. The summed E-state index contributed by atoms with van der Waals surface area (Å²) in [6.07, 6.45) is 6.32. The number of pyridine rings is 1. The van der Waals surface area contributed by atoms with Crippen molar-refractivity contribution in [1.29, 1.82) is 0 Å². The molecule has 3 heterocycles. The molecule has 0 bridgehead atoms. The molecule has 1 amide bonds. The number of ether oxygens (including phenoxy) is 1. The Kier molecular flexibility index (Phi) is 5.29. The van der Waals surface area contributed by atoms with Gasteiger partial charge in [-0.1, -0.05) is 18.2 Å². The maximum absolute atomic E-state index is 12.8. The van der Waals surface area contributed by atoms with Gasteiger partial charge in [0.25, 0.3) is 5.91 Å². The van der Waals surface area contributed by atoms with Crippen LogP contribution >= 0.6 is 0 Å². The van der Waals surface area contributed by atoms with Gasteiger partial charge in [0, 0.05) is 25.5 Å². The van der Waals surface area contributed by atoms with Gasteiger partial charge in [0.1, 0.15) is 11.4 Å². The van der Waals surface area contributed by atoms with Crippen molar-refractivity contribution >= 4 is 11.4 Å². The third-order valence-corrected chi connectivity index (χ3v) is 4.82. The summed E-state index contributed by atoms with van der Waals surface area (Å²) >= 11 is 0. The largest absolute Gasteiger partial charge is 0.497 e. The highest BCUT2D eigenvalue weighted by Gasteiger charge is 2.19. The molecule has 1 aromatic carbocycles. The number of amides is 1. The van der Waals surface area contributed by atoms with Crippen molar-refractivity contribution in [2.45, 2.75) is 19.9 Å². The highest BCUT2D eigenvalue weighted by atomic mass is 16.5. The lowest BCUT2D eigenvalue weighted by Gasteiger charge is -2.06. The smallest absolute Gasteiger partial charge is 0.272 e. The zero-order valence-corrected chi connectivity index (χ0v) is 16.5. The lowest BCUT2D eigenvalue weighted by molar-refractivity contribution is 0.0951. The van der Waals surface area contributed by atoms with E-state index in [1.165, 1.54) is 0 Å². The van der Waals surface area contributed by atoms with Gasteiger partial charge >= 0.3 is 0 Å². The summed E-state index contributed by atoms with van der Waals surface area (Å²) in [6.45, 7) is 3.39. The fourth-order valence-electron chi connectivity index (χ4n) is 3.27. The van der Waals surface area contributed by atoms with Gasteiger partial charge < -0.3 is 14.6 Å². The van der Waals surface area contributed by atoms with Crippen LogP contribution in [0.5, 0.6) is 5.75 Å². The number of aryl methyl sites for hydroxylation is 1. The fraction of sp³-hybridized carbons (Fsp3) is 0.227. The SMILES string of the molecule is CCn1cnc(-c2nc(C(=O)NCCc3cccc(OC)c3)c3ccccn23)c1. The van der Waals surface area contributed by atoms with E-state index in [1.807, 2.05) is 63.8 Å². The molecule has 0 spiro atoms. The minimum Gasteiger partial charge on any atom is -0.497 e. The Balaban J connectivity index is 1.54. The lowest BCUT2D eigenvalue weighted by Crippen LogP contribution is -2.26. The molecule has 0 atom stereocenters. The molecule has 29 heavy (non-hydrogen) atoms. The second-order valence-electron chi connectivity index (χ2n) is 6.69. The third-order valence-electron chi connectivity index (χ3n) is 4.82. The van der Waals surface area contributed by atoms with Crippen LogP contribution in [0.15, 0.2) is 61.2 Å². The number of benzene rings is 1. The number of carbonyl (C=O) groups is 1. The molecule has 0 unspecified atom stereocenters. The molecule has 0 aliphatic carbocycles. The summed E-state index contributed by atoms with van der Waals surface area (Å²) in [4.78, 5) is 21.9. The number of methoxy groups -OCH3 is 1. The monoisotopic (exact) mass is 389 g/mol. The number of imidazole rings is 2.